The summed E-state index contributed by atoms with van der Waals surface area (Å²) in [5, 5.41) is 4.28. The third kappa shape index (κ3) is 4.63. The van der Waals surface area contributed by atoms with Crippen molar-refractivity contribution >= 4 is 5.97 Å². The number of aryl methyl sites for hydroxylation is 2. The number of hydrogen-bond donors (Lipinski definition) is 0. The molecular weight excluding hydrogens is 404 g/mol. The summed E-state index contributed by atoms with van der Waals surface area (Å²) in [6, 6.07) is 10.1. The Hall–Kier alpha value is -2.93. The third-order valence-electron chi connectivity index (χ3n) is 6.45. The maximum atomic E-state index is 13.2. The van der Waals surface area contributed by atoms with Crippen molar-refractivity contribution in [2.24, 2.45) is 12.5 Å². The Balaban J connectivity index is 1.56. The van der Waals surface area contributed by atoms with E-state index in [1.165, 1.54) is 5.56 Å². The number of ether oxygens (including phenoxy) is 1. The van der Waals surface area contributed by atoms with Crippen LogP contribution in [0.15, 0.2) is 41.1 Å². The van der Waals surface area contributed by atoms with Gasteiger partial charge in [-0.3, -0.25) is 9.69 Å². The Morgan fingerprint density at radius 3 is 2.84 bits per heavy atom. The van der Waals surface area contributed by atoms with Gasteiger partial charge in [0.25, 0.3) is 0 Å². The molecule has 0 amide bonds. The summed E-state index contributed by atoms with van der Waals surface area (Å²) in [6.07, 6.45) is 4.09. The number of likely N-dealkylation sites (tertiary alicyclic amines) is 1. The molecule has 0 spiro atoms. The third-order valence-corrected chi connectivity index (χ3v) is 6.45. The second-order valence-electron chi connectivity index (χ2n) is 8.90. The van der Waals surface area contributed by atoms with Gasteiger partial charge in [-0.05, 0) is 46.2 Å². The Morgan fingerprint density at radius 2 is 2.12 bits per heavy atom. The van der Waals surface area contributed by atoms with Crippen LogP contribution in [0.1, 0.15) is 42.6 Å². The minimum absolute atomic E-state index is 0.153. The SMILES string of the molecule is CCOC(=O)C1(Cc2cc(-c3cccc(C)c3)no2)CCCN(Cc2cnc(C)n2C)C1. The molecule has 0 bridgehead atoms. The lowest BCUT2D eigenvalue weighted by molar-refractivity contribution is -0.159. The van der Waals surface area contributed by atoms with E-state index in [4.69, 9.17) is 9.26 Å². The van der Waals surface area contributed by atoms with Crippen LogP contribution in [-0.4, -0.2) is 45.3 Å². The van der Waals surface area contributed by atoms with Gasteiger partial charge in [0, 0.05) is 44.4 Å². The van der Waals surface area contributed by atoms with Gasteiger partial charge in [0.2, 0.25) is 0 Å². The molecule has 0 radical (unpaired) electrons. The van der Waals surface area contributed by atoms with Crippen molar-refractivity contribution in [1.82, 2.24) is 19.6 Å². The lowest BCUT2D eigenvalue weighted by atomic mass is 9.76. The standard InChI is InChI=1S/C25H32N4O3/c1-5-31-24(30)25(10-7-11-29(17-25)16-21-15-26-19(3)28(21)4)14-22-13-23(27-32-22)20-9-6-8-18(2)12-20/h6,8-9,12-13,15H,5,7,10-11,14,16-17H2,1-4H3. The van der Waals surface area contributed by atoms with Gasteiger partial charge in [-0.1, -0.05) is 28.9 Å². The molecule has 1 fully saturated rings. The van der Waals surface area contributed by atoms with Crippen molar-refractivity contribution in [1.29, 1.82) is 0 Å². The van der Waals surface area contributed by atoms with Gasteiger partial charge in [-0.15, -0.1) is 0 Å². The zero-order valence-electron chi connectivity index (χ0n) is 19.4. The minimum atomic E-state index is -0.648. The van der Waals surface area contributed by atoms with Crippen molar-refractivity contribution in [2.75, 3.05) is 19.7 Å². The fourth-order valence-corrected chi connectivity index (χ4v) is 4.62. The van der Waals surface area contributed by atoms with E-state index in [1.54, 1.807) is 0 Å². The van der Waals surface area contributed by atoms with Gasteiger partial charge >= 0.3 is 5.97 Å². The fourth-order valence-electron chi connectivity index (χ4n) is 4.62. The summed E-state index contributed by atoms with van der Waals surface area (Å²) in [5.74, 6) is 1.55. The van der Waals surface area contributed by atoms with Gasteiger partial charge in [-0.25, -0.2) is 4.98 Å². The molecule has 7 nitrogen and oxygen atoms in total. The average molecular weight is 437 g/mol. The smallest absolute Gasteiger partial charge is 0.313 e. The lowest BCUT2D eigenvalue weighted by Crippen LogP contribution is -2.49. The number of nitrogens with zero attached hydrogens (tertiary/aromatic N) is 4. The molecule has 4 rings (SSSR count). The van der Waals surface area contributed by atoms with Gasteiger partial charge in [0.05, 0.1) is 17.7 Å². The number of piperidine rings is 1. The Labute approximate surface area is 189 Å². The van der Waals surface area contributed by atoms with Gasteiger partial charge in [0.1, 0.15) is 17.3 Å². The number of carbonyl (C=O) groups excluding carboxylic acids is 1. The Kier molecular flexibility index (Phi) is 6.46. The molecule has 170 valence electrons. The summed E-state index contributed by atoms with van der Waals surface area (Å²) < 4.78 is 13.3. The highest BCUT2D eigenvalue weighted by molar-refractivity contribution is 5.77. The van der Waals surface area contributed by atoms with Gasteiger partial charge in [-0.2, -0.15) is 0 Å². The molecule has 2 aromatic heterocycles. The lowest BCUT2D eigenvalue weighted by Gasteiger charge is -2.40. The fraction of sp³-hybridized carbons (Fsp3) is 0.480. The summed E-state index contributed by atoms with van der Waals surface area (Å²) in [4.78, 5) is 19.9. The van der Waals surface area contributed by atoms with Gasteiger partial charge in [0.15, 0.2) is 0 Å². The van der Waals surface area contributed by atoms with Crippen LogP contribution in [0.25, 0.3) is 11.3 Å². The highest BCUT2D eigenvalue weighted by Crippen LogP contribution is 2.37. The van der Waals surface area contributed by atoms with Crippen LogP contribution in [0.2, 0.25) is 0 Å². The van der Waals surface area contributed by atoms with E-state index < -0.39 is 5.41 Å². The molecule has 1 aliphatic heterocycles. The quantitative estimate of drug-likeness (QED) is 0.520. The maximum absolute atomic E-state index is 13.2. The van der Waals surface area contributed by atoms with Crippen LogP contribution in [0.5, 0.6) is 0 Å². The molecule has 1 unspecified atom stereocenters. The number of hydrogen-bond acceptors (Lipinski definition) is 6. The van der Waals surface area contributed by atoms with E-state index in [2.05, 4.69) is 38.7 Å². The summed E-state index contributed by atoms with van der Waals surface area (Å²) in [5.41, 5.74) is 3.47. The molecule has 32 heavy (non-hydrogen) atoms. The van der Waals surface area contributed by atoms with Crippen molar-refractivity contribution in [3.8, 4) is 11.3 Å². The molecule has 1 saturated heterocycles. The molecule has 0 aliphatic carbocycles. The first-order valence-corrected chi connectivity index (χ1v) is 11.3. The molecule has 0 saturated carbocycles. The van der Waals surface area contributed by atoms with E-state index in [-0.39, 0.29) is 5.97 Å². The largest absolute Gasteiger partial charge is 0.466 e. The minimum Gasteiger partial charge on any atom is -0.466 e. The van der Waals surface area contributed by atoms with Gasteiger partial charge < -0.3 is 13.8 Å². The topological polar surface area (TPSA) is 73.4 Å². The van der Waals surface area contributed by atoms with Crippen LogP contribution in [-0.2, 0) is 29.5 Å². The number of esters is 1. The van der Waals surface area contributed by atoms with E-state index >= 15 is 0 Å². The average Bonchev–Trinajstić information content (AvgIpc) is 3.36. The van der Waals surface area contributed by atoms with Crippen molar-refractivity contribution in [3.63, 3.8) is 0 Å². The predicted molar refractivity (Wildman–Crippen MR) is 122 cm³/mol. The van der Waals surface area contributed by atoms with E-state index in [1.807, 2.05) is 45.3 Å². The molecule has 1 aromatic carbocycles. The summed E-state index contributed by atoms with van der Waals surface area (Å²) in [7, 11) is 2.03. The van der Waals surface area contributed by atoms with Crippen LogP contribution < -0.4 is 0 Å². The first-order chi connectivity index (χ1) is 15.4. The zero-order chi connectivity index (χ0) is 22.7. The van der Waals surface area contributed by atoms with Crippen molar-refractivity contribution in [2.45, 2.75) is 46.6 Å². The van der Waals surface area contributed by atoms with Crippen LogP contribution in [0.4, 0.5) is 0 Å². The number of imidazole rings is 1. The number of aromatic nitrogens is 3. The molecule has 7 heteroatoms. The monoisotopic (exact) mass is 436 g/mol. The molecule has 3 heterocycles. The molecule has 0 N–H and O–H groups in total. The van der Waals surface area contributed by atoms with Crippen LogP contribution >= 0.6 is 0 Å². The second kappa shape index (κ2) is 9.28. The first-order valence-electron chi connectivity index (χ1n) is 11.3. The highest BCUT2D eigenvalue weighted by Gasteiger charge is 2.44. The number of benzene rings is 1. The Morgan fingerprint density at radius 1 is 1.28 bits per heavy atom. The van der Waals surface area contributed by atoms with E-state index in [9.17, 15) is 4.79 Å². The van der Waals surface area contributed by atoms with Crippen LogP contribution in [0, 0.1) is 19.3 Å². The highest BCUT2D eigenvalue weighted by atomic mass is 16.5. The second-order valence-corrected chi connectivity index (χ2v) is 8.90. The summed E-state index contributed by atoms with van der Waals surface area (Å²) >= 11 is 0. The number of rotatable bonds is 7. The van der Waals surface area contributed by atoms with Crippen molar-refractivity contribution in [3.05, 3.63) is 59.4 Å². The molecule has 1 atom stereocenters. The predicted octanol–water partition coefficient (Wildman–Crippen LogP) is 4.08. The van der Waals surface area contributed by atoms with E-state index in [0.717, 1.165) is 48.7 Å². The summed E-state index contributed by atoms with van der Waals surface area (Å²) in [6.45, 7) is 8.59. The van der Waals surface area contributed by atoms with Crippen LogP contribution in [0.3, 0.4) is 0 Å². The number of carbonyl (C=O) groups is 1. The normalized spacial score (nSPS) is 19.2. The van der Waals surface area contributed by atoms with E-state index in [0.29, 0.717) is 25.3 Å². The first kappa shape index (κ1) is 22.3. The maximum Gasteiger partial charge on any atom is 0.313 e. The zero-order valence-corrected chi connectivity index (χ0v) is 19.4. The Bertz CT molecular complexity index is 1090. The molecule has 3 aromatic rings. The molecular formula is C25H32N4O3. The van der Waals surface area contributed by atoms with Crippen molar-refractivity contribution < 1.29 is 14.1 Å². The molecule has 1 aliphatic rings.